The van der Waals surface area contributed by atoms with Crippen molar-refractivity contribution in [2.45, 2.75) is 32.0 Å². The molecule has 1 unspecified atom stereocenters. The number of halogens is 3. The summed E-state index contributed by atoms with van der Waals surface area (Å²) in [5.74, 6) is -0.115. The van der Waals surface area contributed by atoms with Gasteiger partial charge >= 0.3 is 6.18 Å². The lowest BCUT2D eigenvalue weighted by Crippen LogP contribution is -2.37. The highest BCUT2D eigenvalue weighted by Gasteiger charge is 2.31. The third-order valence-electron chi connectivity index (χ3n) is 5.25. The molecule has 5 nitrogen and oxygen atoms in total. The van der Waals surface area contributed by atoms with Crippen LogP contribution in [0.1, 0.15) is 35.7 Å². The average molecular weight is 419 g/mol. The summed E-state index contributed by atoms with van der Waals surface area (Å²) >= 11 is 0. The van der Waals surface area contributed by atoms with Crippen LogP contribution in [0.2, 0.25) is 0 Å². The second-order valence-electron chi connectivity index (χ2n) is 7.65. The first-order chi connectivity index (χ1) is 14.1. The summed E-state index contributed by atoms with van der Waals surface area (Å²) in [4.78, 5) is 26.8. The Labute approximate surface area is 173 Å². The van der Waals surface area contributed by atoms with Crippen LogP contribution in [-0.4, -0.2) is 36.3 Å². The van der Waals surface area contributed by atoms with E-state index in [1.807, 2.05) is 11.9 Å². The zero-order chi connectivity index (χ0) is 21.9. The summed E-state index contributed by atoms with van der Waals surface area (Å²) in [6.07, 6.45) is -2.11. The summed E-state index contributed by atoms with van der Waals surface area (Å²) in [5, 5.41) is 5.22. The summed E-state index contributed by atoms with van der Waals surface area (Å²) in [6, 6.07) is 11.0. The lowest BCUT2D eigenvalue weighted by molar-refractivity contribution is -0.137. The minimum atomic E-state index is -4.49. The number of likely N-dealkylation sites (N-methyl/N-ethyl adjacent to an activating group) is 1. The fraction of sp³-hybridized carbons (Fsp3) is 0.364. The third kappa shape index (κ3) is 5.82. The molecule has 1 aliphatic rings. The van der Waals surface area contributed by atoms with Crippen LogP contribution in [0.4, 0.5) is 24.5 Å². The molecular formula is C22H24F3N3O2. The minimum Gasteiger partial charge on any atom is -0.325 e. The summed E-state index contributed by atoms with van der Waals surface area (Å²) in [5.41, 5.74) is -0.125. The van der Waals surface area contributed by atoms with Crippen LogP contribution in [0, 0.1) is 5.92 Å². The van der Waals surface area contributed by atoms with E-state index in [-0.39, 0.29) is 23.7 Å². The van der Waals surface area contributed by atoms with E-state index in [1.54, 1.807) is 12.1 Å². The highest BCUT2D eigenvalue weighted by Crippen LogP contribution is 2.34. The number of hydrogen-bond acceptors (Lipinski definition) is 3. The van der Waals surface area contributed by atoms with Crippen molar-refractivity contribution in [2.75, 3.05) is 24.2 Å². The minimum absolute atomic E-state index is 0.0416. The van der Waals surface area contributed by atoms with Crippen molar-refractivity contribution in [2.24, 2.45) is 5.92 Å². The summed E-state index contributed by atoms with van der Waals surface area (Å²) < 4.78 is 38.5. The topological polar surface area (TPSA) is 61.4 Å². The van der Waals surface area contributed by atoms with Gasteiger partial charge in [0.15, 0.2) is 0 Å². The predicted octanol–water partition coefficient (Wildman–Crippen LogP) is 4.63. The monoisotopic (exact) mass is 419 g/mol. The molecular weight excluding hydrogens is 395 g/mol. The lowest BCUT2D eigenvalue weighted by Gasteiger charge is -2.23. The molecule has 0 bridgehead atoms. The molecule has 0 spiro atoms. The van der Waals surface area contributed by atoms with Gasteiger partial charge in [-0.25, -0.2) is 0 Å². The van der Waals surface area contributed by atoms with Crippen molar-refractivity contribution in [3.8, 4) is 0 Å². The van der Waals surface area contributed by atoms with E-state index in [4.69, 9.17) is 0 Å². The van der Waals surface area contributed by atoms with Gasteiger partial charge in [0.05, 0.1) is 12.1 Å². The molecule has 160 valence electrons. The molecule has 0 heterocycles. The second kappa shape index (κ2) is 8.87. The smallest absolute Gasteiger partial charge is 0.325 e. The number of amides is 2. The standard InChI is InChI=1S/C22H24F3N3O2/c1-14(15-9-10-15)28(2)13-20(29)26-18-7-3-5-16(11-18)21(30)27-19-8-4-6-17(12-19)22(23,24)25/h3-8,11-12,14-15H,9-10,13H2,1-2H3,(H,26,29)(H,27,30). The highest BCUT2D eigenvalue weighted by atomic mass is 19.4. The predicted molar refractivity (Wildman–Crippen MR) is 109 cm³/mol. The van der Waals surface area contributed by atoms with Crippen LogP contribution in [0.25, 0.3) is 0 Å². The first-order valence-corrected chi connectivity index (χ1v) is 9.72. The number of anilines is 2. The number of hydrogen-bond donors (Lipinski definition) is 2. The Morgan fingerprint density at radius 1 is 1.07 bits per heavy atom. The van der Waals surface area contributed by atoms with Gasteiger partial charge in [-0.15, -0.1) is 0 Å². The Morgan fingerprint density at radius 2 is 1.70 bits per heavy atom. The first kappa shape index (κ1) is 21.8. The zero-order valence-corrected chi connectivity index (χ0v) is 16.8. The highest BCUT2D eigenvalue weighted by molar-refractivity contribution is 6.05. The van der Waals surface area contributed by atoms with E-state index < -0.39 is 17.6 Å². The maximum Gasteiger partial charge on any atom is 0.416 e. The van der Waals surface area contributed by atoms with Crippen molar-refractivity contribution in [1.82, 2.24) is 4.90 Å². The molecule has 1 fully saturated rings. The van der Waals surface area contributed by atoms with Gasteiger partial charge in [0.25, 0.3) is 5.91 Å². The fourth-order valence-electron chi connectivity index (χ4n) is 3.22. The Morgan fingerprint density at radius 3 is 2.33 bits per heavy atom. The molecule has 0 aromatic heterocycles. The van der Waals surface area contributed by atoms with Crippen LogP contribution < -0.4 is 10.6 Å². The van der Waals surface area contributed by atoms with E-state index in [0.29, 0.717) is 17.6 Å². The van der Waals surface area contributed by atoms with Gasteiger partial charge in [-0.05, 0) is 69.1 Å². The number of alkyl halides is 3. The summed E-state index contributed by atoms with van der Waals surface area (Å²) in [6.45, 7) is 2.34. The average Bonchev–Trinajstić information content (AvgIpc) is 3.52. The van der Waals surface area contributed by atoms with Crippen LogP contribution in [0.15, 0.2) is 48.5 Å². The SMILES string of the molecule is CC(C1CC1)N(C)CC(=O)Nc1cccc(C(=O)Nc2cccc(C(F)(F)F)c2)c1. The maximum atomic E-state index is 12.8. The number of nitrogens with zero attached hydrogens (tertiary/aromatic N) is 1. The number of carbonyl (C=O) groups excluding carboxylic acids is 2. The molecule has 0 radical (unpaired) electrons. The molecule has 2 N–H and O–H groups in total. The van der Waals surface area contributed by atoms with Crippen LogP contribution in [0.3, 0.4) is 0 Å². The Bertz CT molecular complexity index is 926. The second-order valence-corrected chi connectivity index (χ2v) is 7.65. The van der Waals surface area contributed by atoms with E-state index in [2.05, 4.69) is 17.6 Å². The Kier molecular flexibility index (Phi) is 6.45. The maximum absolute atomic E-state index is 12.8. The molecule has 0 aliphatic heterocycles. The molecule has 30 heavy (non-hydrogen) atoms. The van der Waals surface area contributed by atoms with E-state index in [9.17, 15) is 22.8 Å². The first-order valence-electron chi connectivity index (χ1n) is 9.72. The van der Waals surface area contributed by atoms with E-state index in [1.165, 1.54) is 37.1 Å². The van der Waals surface area contributed by atoms with Gasteiger partial charge in [-0.2, -0.15) is 13.2 Å². The Hall–Kier alpha value is -2.87. The van der Waals surface area contributed by atoms with Gasteiger partial charge in [-0.1, -0.05) is 12.1 Å². The molecule has 2 amide bonds. The van der Waals surface area contributed by atoms with Crippen molar-refractivity contribution in [1.29, 1.82) is 0 Å². The molecule has 2 aromatic carbocycles. The normalized spacial score (nSPS) is 15.0. The molecule has 2 aromatic rings. The van der Waals surface area contributed by atoms with E-state index in [0.717, 1.165) is 12.1 Å². The molecule has 1 atom stereocenters. The van der Waals surface area contributed by atoms with Crippen molar-refractivity contribution in [3.05, 3.63) is 59.7 Å². The zero-order valence-electron chi connectivity index (χ0n) is 16.8. The van der Waals surface area contributed by atoms with E-state index >= 15 is 0 Å². The molecule has 0 saturated heterocycles. The van der Waals surface area contributed by atoms with Crippen LogP contribution in [0.5, 0.6) is 0 Å². The molecule has 1 aliphatic carbocycles. The number of rotatable bonds is 7. The molecule has 1 saturated carbocycles. The van der Waals surface area contributed by atoms with Crippen molar-refractivity contribution < 1.29 is 22.8 Å². The van der Waals surface area contributed by atoms with Crippen LogP contribution in [-0.2, 0) is 11.0 Å². The third-order valence-corrected chi connectivity index (χ3v) is 5.25. The van der Waals surface area contributed by atoms with Gasteiger partial charge < -0.3 is 10.6 Å². The lowest BCUT2D eigenvalue weighted by atomic mass is 10.1. The molecule has 3 rings (SSSR count). The molecule has 8 heteroatoms. The van der Waals surface area contributed by atoms with Gasteiger partial charge in [0.1, 0.15) is 0 Å². The number of carbonyl (C=O) groups is 2. The summed E-state index contributed by atoms with van der Waals surface area (Å²) in [7, 11) is 1.90. The van der Waals surface area contributed by atoms with Crippen molar-refractivity contribution >= 4 is 23.2 Å². The quantitative estimate of drug-likeness (QED) is 0.688. The Balaban J connectivity index is 1.62. The van der Waals surface area contributed by atoms with Gasteiger partial charge in [0.2, 0.25) is 5.91 Å². The fourth-order valence-corrected chi connectivity index (χ4v) is 3.22. The van der Waals surface area contributed by atoms with Crippen LogP contribution >= 0.6 is 0 Å². The van der Waals surface area contributed by atoms with Crippen molar-refractivity contribution in [3.63, 3.8) is 0 Å². The largest absolute Gasteiger partial charge is 0.416 e. The number of nitrogens with one attached hydrogen (secondary N) is 2. The van der Waals surface area contributed by atoms with Gasteiger partial charge in [-0.3, -0.25) is 14.5 Å². The van der Waals surface area contributed by atoms with Gasteiger partial charge in [0, 0.05) is 23.0 Å². The number of benzene rings is 2.